The summed E-state index contributed by atoms with van der Waals surface area (Å²) in [4.78, 5) is 0. The lowest BCUT2D eigenvalue weighted by Crippen LogP contribution is -2.29. The van der Waals surface area contributed by atoms with Crippen LogP contribution < -0.4 is 0 Å². The lowest BCUT2D eigenvalue weighted by Gasteiger charge is -2.31. The number of ether oxygens (including phenoxy) is 2. The van der Waals surface area contributed by atoms with Gasteiger partial charge in [0.1, 0.15) is 0 Å². The molecule has 2 aliphatic heterocycles. The lowest BCUT2D eigenvalue weighted by molar-refractivity contribution is -0.0364. The second-order valence-electron chi connectivity index (χ2n) is 4.94. The monoisotopic (exact) mass is 198 g/mol. The number of hydrogen-bond acceptors (Lipinski definition) is 2. The summed E-state index contributed by atoms with van der Waals surface area (Å²) in [6.45, 7) is 5.25. The molecule has 3 atom stereocenters. The van der Waals surface area contributed by atoms with Crippen LogP contribution in [0.15, 0.2) is 0 Å². The van der Waals surface area contributed by atoms with E-state index in [1.807, 2.05) is 0 Å². The van der Waals surface area contributed by atoms with Gasteiger partial charge in [-0.05, 0) is 43.9 Å². The summed E-state index contributed by atoms with van der Waals surface area (Å²) in [5.74, 6) is 1.62. The molecule has 0 aromatic carbocycles. The Morgan fingerprint density at radius 3 is 2.86 bits per heavy atom. The Balaban J connectivity index is 1.72. The van der Waals surface area contributed by atoms with Gasteiger partial charge in [-0.2, -0.15) is 0 Å². The van der Waals surface area contributed by atoms with Crippen molar-refractivity contribution >= 4 is 0 Å². The lowest BCUT2D eigenvalue weighted by atomic mass is 9.89. The predicted molar refractivity (Wildman–Crippen MR) is 56.3 cm³/mol. The molecule has 0 spiro atoms. The van der Waals surface area contributed by atoms with Crippen LogP contribution in [0.5, 0.6) is 0 Å². The third kappa shape index (κ3) is 2.96. The van der Waals surface area contributed by atoms with Crippen LogP contribution in [0, 0.1) is 11.8 Å². The summed E-state index contributed by atoms with van der Waals surface area (Å²) >= 11 is 0. The summed E-state index contributed by atoms with van der Waals surface area (Å²) in [6.07, 6.45) is 6.84. The quantitative estimate of drug-likeness (QED) is 0.679. The van der Waals surface area contributed by atoms with Crippen molar-refractivity contribution < 1.29 is 9.47 Å². The predicted octanol–water partition coefficient (Wildman–Crippen LogP) is 2.62. The van der Waals surface area contributed by atoms with E-state index in [9.17, 15) is 0 Å². The van der Waals surface area contributed by atoms with E-state index in [1.165, 1.54) is 32.1 Å². The van der Waals surface area contributed by atoms with Crippen molar-refractivity contribution in [2.45, 2.75) is 45.1 Å². The Labute approximate surface area is 87.0 Å². The zero-order valence-corrected chi connectivity index (χ0v) is 9.21. The molecule has 2 fully saturated rings. The summed E-state index contributed by atoms with van der Waals surface area (Å²) < 4.78 is 11.3. The van der Waals surface area contributed by atoms with Crippen molar-refractivity contribution in [3.63, 3.8) is 0 Å². The normalized spacial score (nSPS) is 39.6. The van der Waals surface area contributed by atoms with Gasteiger partial charge in [0, 0.05) is 19.8 Å². The first kappa shape index (κ1) is 10.4. The summed E-state index contributed by atoms with van der Waals surface area (Å²) in [5, 5.41) is 0. The molecule has 0 aliphatic carbocycles. The second kappa shape index (κ2) is 5.13. The van der Waals surface area contributed by atoms with Crippen molar-refractivity contribution in [3.05, 3.63) is 0 Å². The van der Waals surface area contributed by atoms with E-state index in [0.29, 0.717) is 6.10 Å². The van der Waals surface area contributed by atoms with Gasteiger partial charge >= 0.3 is 0 Å². The van der Waals surface area contributed by atoms with Gasteiger partial charge in [-0.3, -0.25) is 0 Å². The number of rotatable bonds is 2. The molecule has 2 saturated heterocycles. The third-order valence-corrected chi connectivity index (χ3v) is 3.48. The van der Waals surface area contributed by atoms with Gasteiger partial charge in [0.15, 0.2) is 0 Å². The van der Waals surface area contributed by atoms with Crippen LogP contribution in [0.4, 0.5) is 0 Å². The Morgan fingerprint density at radius 2 is 2.14 bits per heavy atom. The van der Waals surface area contributed by atoms with Crippen LogP contribution >= 0.6 is 0 Å². The van der Waals surface area contributed by atoms with Crippen molar-refractivity contribution in [3.8, 4) is 0 Å². The fraction of sp³-hybridized carbons (Fsp3) is 1.00. The van der Waals surface area contributed by atoms with Gasteiger partial charge in [0.2, 0.25) is 0 Å². The van der Waals surface area contributed by atoms with Crippen LogP contribution in [0.25, 0.3) is 0 Å². The van der Waals surface area contributed by atoms with Crippen LogP contribution in [-0.4, -0.2) is 25.9 Å². The average molecular weight is 198 g/mol. The number of hydrogen-bond donors (Lipinski definition) is 0. The summed E-state index contributed by atoms with van der Waals surface area (Å²) in [5.41, 5.74) is 0. The Bertz CT molecular complexity index is 164. The fourth-order valence-electron chi connectivity index (χ4n) is 2.60. The molecule has 2 heteroatoms. The second-order valence-corrected chi connectivity index (χ2v) is 4.94. The molecule has 0 bridgehead atoms. The van der Waals surface area contributed by atoms with Gasteiger partial charge in [-0.15, -0.1) is 0 Å². The molecule has 0 aromatic rings. The fourth-order valence-corrected chi connectivity index (χ4v) is 2.60. The van der Waals surface area contributed by atoms with E-state index >= 15 is 0 Å². The molecule has 2 aliphatic rings. The molecule has 2 nitrogen and oxygen atoms in total. The van der Waals surface area contributed by atoms with Crippen molar-refractivity contribution in [1.82, 2.24) is 0 Å². The Kier molecular flexibility index (Phi) is 3.82. The van der Waals surface area contributed by atoms with Crippen molar-refractivity contribution in [2.24, 2.45) is 11.8 Å². The molecular weight excluding hydrogens is 176 g/mol. The SMILES string of the molecule is CC1CCOC(CC2CCCOC2)C1. The molecule has 3 unspecified atom stereocenters. The van der Waals surface area contributed by atoms with Crippen molar-refractivity contribution in [2.75, 3.05) is 19.8 Å². The highest BCUT2D eigenvalue weighted by atomic mass is 16.5. The van der Waals surface area contributed by atoms with Gasteiger partial charge in [-0.25, -0.2) is 0 Å². The molecule has 0 amide bonds. The minimum atomic E-state index is 0.519. The summed E-state index contributed by atoms with van der Waals surface area (Å²) in [6, 6.07) is 0. The minimum Gasteiger partial charge on any atom is -0.381 e. The maximum Gasteiger partial charge on any atom is 0.0581 e. The van der Waals surface area contributed by atoms with Crippen molar-refractivity contribution in [1.29, 1.82) is 0 Å². The van der Waals surface area contributed by atoms with E-state index in [2.05, 4.69) is 6.92 Å². The minimum absolute atomic E-state index is 0.519. The molecule has 2 heterocycles. The van der Waals surface area contributed by atoms with Crippen LogP contribution in [0.1, 0.15) is 39.0 Å². The highest BCUT2D eigenvalue weighted by Crippen LogP contribution is 2.27. The molecule has 0 saturated carbocycles. The molecule has 82 valence electrons. The Morgan fingerprint density at radius 1 is 1.21 bits per heavy atom. The smallest absolute Gasteiger partial charge is 0.0581 e. The van der Waals surface area contributed by atoms with E-state index in [1.54, 1.807) is 0 Å². The van der Waals surface area contributed by atoms with Crippen LogP contribution in [0.2, 0.25) is 0 Å². The Hall–Kier alpha value is -0.0800. The zero-order valence-electron chi connectivity index (χ0n) is 9.21. The third-order valence-electron chi connectivity index (χ3n) is 3.48. The van der Waals surface area contributed by atoms with Crippen LogP contribution in [-0.2, 0) is 9.47 Å². The van der Waals surface area contributed by atoms with E-state index in [4.69, 9.17) is 9.47 Å². The van der Waals surface area contributed by atoms with Gasteiger partial charge < -0.3 is 9.47 Å². The van der Waals surface area contributed by atoms with Gasteiger partial charge in [0.05, 0.1) is 6.10 Å². The topological polar surface area (TPSA) is 18.5 Å². The largest absolute Gasteiger partial charge is 0.381 e. The van der Waals surface area contributed by atoms with Gasteiger partial charge in [0.25, 0.3) is 0 Å². The zero-order chi connectivity index (χ0) is 9.80. The van der Waals surface area contributed by atoms with E-state index in [0.717, 1.165) is 31.7 Å². The molecule has 14 heavy (non-hydrogen) atoms. The highest BCUT2D eigenvalue weighted by Gasteiger charge is 2.24. The van der Waals surface area contributed by atoms with E-state index < -0.39 is 0 Å². The molecule has 0 aromatic heterocycles. The summed E-state index contributed by atoms with van der Waals surface area (Å²) in [7, 11) is 0. The first-order chi connectivity index (χ1) is 6.84. The molecule has 2 rings (SSSR count). The maximum atomic E-state index is 5.80. The molecule has 0 radical (unpaired) electrons. The standard InChI is InChI=1S/C12H22O2/c1-10-4-6-14-12(7-10)8-11-3-2-5-13-9-11/h10-12H,2-9H2,1H3. The van der Waals surface area contributed by atoms with Gasteiger partial charge in [-0.1, -0.05) is 6.92 Å². The maximum absolute atomic E-state index is 5.80. The molecule has 0 N–H and O–H groups in total. The molecular formula is C12H22O2. The highest BCUT2D eigenvalue weighted by molar-refractivity contribution is 4.74. The average Bonchev–Trinajstić information content (AvgIpc) is 2.19. The van der Waals surface area contributed by atoms with E-state index in [-0.39, 0.29) is 0 Å². The first-order valence-corrected chi connectivity index (χ1v) is 6.04. The first-order valence-electron chi connectivity index (χ1n) is 6.04. The van der Waals surface area contributed by atoms with Crippen LogP contribution in [0.3, 0.4) is 0 Å².